The van der Waals surface area contributed by atoms with Crippen molar-refractivity contribution in [3.8, 4) is 0 Å². The molecular weight excluding hydrogens is 258 g/mol. The molecule has 0 aromatic rings. The fraction of sp³-hybridized carbons (Fsp3) is 0.600. The molecule has 0 aromatic carbocycles. The van der Waals surface area contributed by atoms with Gasteiger partial charge in [-0.1, -0.05) is 0 Å². The molecule has 3 amide bonds. The molecule has 0 radical (unpaired) electrons. The zero-order chi connectivity index (χ0) is 15.2. The Morgan fingerprint density at radius 3 is 1.84 bits per heavy atom. The first-order chi connectivity index (χ1) is 8.53. The van der Waals surface area contributed by atoms with E-state index < -0.39 is 42.5 Å². The number of hydrogen-bond donors (Lipinski definition) is 4. The zero-order valence-electron chi connectivity index (χ0n) is 10.7. The van der Waals surface area contributed by atoms with Gasteiger partial charge >= 0.3 is 18.0 Å². The van der Waals surface area contributed by atoms with E-state index in [4.69, 9.17) is 15.9 Å². The molecule has 9 nitrogen and oxygen atoms in total. The summed E-state index contributed by atoms with van der Waals surface area (Å²) in [7, 11) is 0. The van der Waals surface area contributed by atoms with E-state index in [-0.39, 0.29) is 6.42 Å². The minimum Gasteiger partial charge on any atom is -0.480 e. The largest absolute Gasteiger partial charge is 0.480 e. The number of carboxylic acids is 2. The van der Waals surface area contributed by atoms with Crippen LogP contribution in [0.25, 0.3) is 0 Å². The maximum Gasteiger partial charge on any atom is 0.323 e. The molecule has 19 heavy (non-hydrogen) atoms. The summed E-state index contributed by atoms with van der Waals surface area (Å²) in [6, 6.07) is -0.893. The molecule has 5 N–H and O–H groups in total. The van der Waals surface area contributed by atoms with Crippen molar-refractivity contribution in [1.29, 1.82) is 0 Å². The Balaban J connectivity index is 4.75. The van der Waals surface area contributed by atoms with Crippen molar-refractivity contribution >= 4 is 23.9 Å². The standard InChI is InChI=1S/C10H17N3O6/c1-10(2,3-6(11)14)12-9(19)13(4-7(15)16)5-8(17)18/h3-5H2,1-2H3,(H2,11,14)(H,12,19)(H,15,16)(H,17,18). The van der Waals surface area contributed by atoms with Crippen LogP contribution < -0.4 is 11.1 Å². The van der Waals surface area contributed by atoms with Crippen molar-refractivity contribution in [2.45, 2.75) is 25.8 Å². The van der Waals surface area contributed by atoms with Crippen LogP contribution in [0.5, 0.6) is 0 Å². The van der Waals surface area contributed by atoms with Crippen LogP contribution in [0.4, 0.5) is 4.79 Å². The number of primary amides is 1. The topological polar surface area (TPSA) is 150 Å². The second-order valence-electron chi connectivity index (χ2n) is 4.60. The third-order valence-electron chi connectivity index (χ3n) is 2.00. The molecule has 9 heteroatoms. The highest BCUT2D eigenvalue weighted by molar-refractivity contribution is 5.85. The van der Waals surface area contributed by atoms with E-state index in [1.807, 2.05) is 0 Å². The first kappa shape index (κ1) is 16.7. The third-order valence-corrected chi connectivity index (χ3v) is 2.00. The van der Waals surface area contributed by atoms with Crippen LogP contribution in [0.1, 0.15) is 20.3 Å². The van der Waals surface area contributed by atoms with Gasteiger partial charge in [-0.2, -0.15) is 0 Å². The van der Waals surface area contributed by atoms with Crippen molar-refractivity contribution < 1.29 is 29.4 Å². The number of amides is 3. The van der Waals surface area contributed by atoms with E-state index >= 15 is 0 Å². The van der Waals surface area contributed by atoms with Gasteiger partial charge in [-0.05, 0) is 13.8 Å². The van der Waals surface area contributed by atoms with Crippen molar-refractivity contribution in [1.82, 2.24) is 10.2 Å². The van der Waals surface area contributed by atoms with Crippen LogP contribution in [0.15, 0.2) is 0 Å². The molecule has 0 aliphatic heterocycles. The quantitative estimate of drug-likeness (QED) is 0.459. The Morgan fingerprint density at radius 1 is 1.11 bits per heavy atom. The van der Waals surface area contributed by atoms with E-state index in [0.717, 1.165) is 0 Å². The molecule has 0 aromatic heterocycles. The highest BCUT2D eigenvalue weighted by Gasteiger charge is 2.27. The number of carboxylic acid groups (broad SMARTS) is 2. The molecule has 0 fully saturated rings. The van der Waals surface area contributed by atoms with Gasteiger partial charge < -0.3 is 26.2 Å². The highest BCUT2D eigenvalue weighted by Crippen LogP contribution is 2.08. The summed E-state index contributed by atoms with van der Waals surface area (Å²) in [6.07, 6.45) is -0.160. The van der Waals surface area contributed by atoms with Crippen LogP contribution in [0.2, 0.25) is 0 Å². The first-order valence-electron chi connectivity index (χ1n) is 5.32. The monoisotopic (exact) mass is 275 g/mol. The van der Waals surface area contributed by atoms with Gasteiger partial charge in [-0.25, -0.2) is 4.79 Å². The normalized spacial score (nSPS) is 10.6. The van der Waals surface area contributed by atoms with Gasteiger partial charge in [0.1, 0.15) is 13.1 Å². The number of nitrogens with one attached hydrogen (secondary N) is 1. The van der Waals surface area contributed by atoms with Crippen molar-refractivity contribution in [2.75, 3.05) is 13.1 Å². The summed E-state index contributed by atoms with van der Waals surface area (Å²) in [5.41, 5.74) is 4.00. The highest BCUT2D eigenvalue weighted by atomic mass is 16.4. The van der Waals surface area contributed by atoms with Crippen LogP contribution in [-0.4, -0.2) is 57.6 Å². The Kier molecular flexibility index (Phi) is 5.77. The van der Waals surface area contributed by atoms with Crippen LogP contribution in [-0.2, 0) is 14.4 Å². The van der Waals surface area contributed by atoms with Gasteiger partial charge in [0.15, 0.2) is 0 Å². The molecule has 0 aliphatic carbocycles. The molecule has 0 unspecified atom stereocenters. The van der Waals surface area contributed by atoms with Gasteiger partial charge in [-0.15, -0.1) is 0 Å². The van der Waals surface area contributed by atoms with E-state index in [2.05, 4.69) is 5.32 Å². The van der Waals surface area contributed by atoms with Gasteiger partial charge in [0.05, 0.1) is 0 Å². The van der Waals surface area contributed by atoms with Crippen molar-refractivity contribution in [3.63, 3.8) is 0 Å². The molecule has 0 rings (SSSR count). The lowest BCUT2D eigenvalue weighted by atomic mass is 10.0. The summed E-state index contributed by atoms with van der Waals surface area (Å²) >= 11 is 0. The van der Waals surface area contributed by atoms with Crippen LogP contribution >= 0.6 is 0 Å². The number of carbonyl (C=O) groups excluding carboxylic acids is 2. The number of rotatable bonds is 7. The lowest BCUT2D eigenvalue weighted by Gasteiger charge is -2.28. The summed E-state index contributed by atoms with van der Waals surface area (Å²) in [6.45, 7) is 1.50. The molecule has 0 atom stereocenters. The zero-order valence-corrected chi connectivity index (χ0v) is 10.7. The number of carbonyl (C=O) groups is 4. The lowest BCUT2D eigenvalue weighted by Crippen LogP contribution is -2.53. The van der Waals surface area contributed by atoms with Gasteiger partial charge in [0.2, 0.25) is 5.91 Å². The Morgan fingerprint density at radius 2 is 1.53 bits per heavy atom. The number of hydrogen-bond acceptors (Lipinski definition) is 4. The molecule has 0 heterocycles. The molecule has 0 bridgehead atoms. The first-order valence-corrected chi connectivity index (χ1v) is 5.32. The predicted octanol–water partition coefficient (Wildman–Crippen LogP) is -1.18. The van der Waals surface area contributed by atoms with Gasteiger partial charge in [0, 0.05) is 12.0 Å². The number of nitrogens with two attached hydrogens (primary N) is 1. The predicted molar refractivity (Wildman–Crippen MR) is 63.3 cm³/mol. The van der Waals surface area contributed by atoms with E-state index in [0.29, 0.717) is 4.90 Å². The SMILES string of the molecule is CC(C)(CC(N)=O)NC(=O)N(CC(=O)O)CC(=O)O. The minimum absolute atomic E-state index is 0.160. The van der Waals surface area contributed by atoms with E-state index in [1.54, 1.807) is 0 Å². The van der Waals surface area contributed by atoms with Crippen molar-refractivity contribution in [2.24, 2.45) is 5.73 Å². The smallest absolute Gasteiger partial charge is 0.323 e. The Hall–Kier alpha value is -2.32. The summed E-state index contributed by atoms with van der Waals surface area (Å²) in [4.78, 5) is 44.2. The number of urea groups is 1. The maximum atomic E-state index is 11.7. The van der Waals surface area contributed by atoms with E-state index in [1.165, 1.54) is 13.8 Å². The molecule has 0 saturated carbocycles. The summed E-state index contributed by atoms with van der Waals surface area (Å²) < 4.78 is 0. The minimum atomic E-state index is -1.34. The Bertz CT molecular complexity index is 377. The molecule has 0 spiro atoms. The van der Waals surface area contributed by atoms with Gasteiger partial charge in [0.25, 0.3) is 0 Å². The average Bonchev–Trinajstić information content (AvgIpc) is 2.11. The number of nitrogens with zero attached hydrogens (tertiary/aromatic N) is 1. The molecule has 0 aliphatic rings. The third kappa shape index (κ3) is 7.58. The molecular formula is C10H17N3O6. The second kappa shape index (κ2) is 6.57. The van der Waals surface area contributed by atoms with Crippen molar-refractivity contribution in [3.05, 3.63) is 0 Å². The Labute approximate surface area is 109 Å². The van der Waals surface area contributed by atoms with Crippen LogP contribution in [0, 0.1) is 0 Å². The fourth-order valence-electron chi connectivity index (χ4n) is 1.37. The van der Waals surface area contributed by atoms with Gasteiger partial charge in [-0.3, -0.25) is 14.4 Å². The van der Waals surface area contributed by atoms with Crippen LogP contribution in [0.3, 0.4) is 0 Å². The summed E-state index contributed by atoms with van der Waals surface area (Å²) in [5.74, 6) is -3.33. The summed E-state index contributed by atoms with van der Waals surface area (Å²) in [5, 5.41) is 19.6. The number of aliphatic carboxylic acids is 2. The van der Waals surface area contributed by atoms with E-state index in [9.17, 15) is 19.2 Å². The second-order valence-corrected chi connectivity index (χ2v) is 4.60. The molecule has 0 saturated heterocycles. The molecule has 108 valence electrons. The maximum absolute atomic E-state index is 11.7. The lowest BCUT2D eigenvalue weighted by molar-refractivity contribution is -0.140. The fourth-order valence-corrected chi connectivity index (χ4v) is 1.37. The average molecular weight is 275 g/mol.